The third kappa shape index (κ3) is 6.79. The fourth-order valence-corrected chi connectivity index (χ4v) is 12.8. The van der Waals surface area contributed by atoms with Crippen LogP contribution in [0.25, 0.3) is 27.5 Å². The highest BCUT2D eigenvalue weighted by Gasteiger charge is 2.53. The first kappa shape index (κ1) is 47.6. The minimum atomic E-state index is -0.141. The van der Waals surface area contributed by atoms with Gasteiger partial charge in [-0.2, -0.15) is 5.26 Å². The van der Waals surface area contributed by atoms with E-state index in [-0.39, 0.29) is 45.9 Å². The van der Waals surface area contributed by atoms with E-state index in [0.717, 1.165) is 34.1 Å². The van der Waals surface area contributed by atoms with Crippen LogP contribution < -0.4 is 42.6 Å². The minimum Gasteiger partial charge on any atom is -0.311 e. The first-order valence-electron chi connectivity index (χ1n) is 26.9. The summed E-state index contributed by atoms with van der Waals surface area (Å²) < 4.78 is 2.71. The van der Waals surface area contributed by atoms with Crippen LogP contribution in [0, 0.1) is 11.3 Å². The lowest BCUT2D eigenvalue weighted by molar-refractivity contribution is 0.590. The zero-order valence-corrected chi connectivity index (χ0v) is 46.8. The molecular weight excluding hydrogens is 882 g/mol. The summed E-state index contributed by atoms with van der Waals surface area (Å²) >= 11 is 0. The number of benzene rings is 7. The fourth-order valence-electron chi connectivity index (χ4n) is 12.8. The topological polar surface area (TPSA) is 35.2 Å². The highest BCUT2D eigenvalue weighted by atomic mass is 15.2. The van der Waals surface area contributed by atoms with Gasteiger partial charge in [0.05, 0.1) is 16.9 Å². The minimum absolute atomic E-state index is 0.0248. The Morgan fingerprint density at radius 1 is 0.356 bits per heavy atom. The Kier molecular flexibility index (Phi) is 9.69. The Morgan fingerprint density at radius 3 is 0.986 bits per heavy atom. The second-order valence-corrected chi connectivity index (χ2v) is 28.3. The molecule has 0 saturated heterocycles. The van der Waals surface area contributed by atoms with Crippen molar-refractivity contribution < 1.29 is 0 Å². The van der Waals surface area contributed by atoms with E-state index >= 15 is 0 Å². The summed E-state index contributed by atoms with van der Waals surface area (Å²) in [4.78, 5) is 4.97. The van der Waals surface area contributed by atoms with Crippen LogP contribution in [0.4, 0.5) is 34.1 Å². The van der Waals surface area contributed by atoms with Crippen LogP contribution in [0.1, 0.15) is 164 Å². The lowest BCUT2D eigenvalue weighted by Gasteiger charge is -2.48. The molecule has 0 fully saturated rings. The SMILES string of the molecule is CC(C)(C)c1ccc(N2c3ccc(C(C)(C)C)cc3B3c4c2c(C#N)c2c5c4-n4c6c3cc(C(C)(C)C)cc6c3cc(C(C)(C)C)cc(c34)B5c3cc(C(C)(C)C)ccc3N2c2ccc(C(C)(C)C)cc2)cc1. The number of hydrogen-bond acceptors (Lipinski definition) is 3. The number of rotatable bonds is 2. The maximum absolute atomic E-state index is 12.5. The van der Waals surface area contributed by atoms with E-state index in [2.05, 4.69) is 254 Å². The summed E-state index contributed by atoms with van der Waals surface area (Å²) in [7, 11) is 0. The van der Waals surface area contributed by atoms with Crippen molar-refractivity contribution in [1.29, 1.82) is 5.26 Å². The van der Waals surface area contributed by atoms with Gasteiger partial charge in [0.15, 0.2) is 0 Å². The second-order valence-electron chi connectivity index (χ2n) is 28.3. The van der Waals surface area contributed by atoms with Crippen molar-refractivity contribution in [3.05, 3.63) is 148 Å². The Morgan fingerprint density at radius 2 is 0.671 bits per heavy atom. The highest BCUT2D eigenvalue weighted by molar-refractivity contribution is 7.04. The molecule has 0 N–H and O–H groups in total. The lowest BCUT2D eigenvalue weighted by Crippen LogP contribution is -2.68. The number of hydrogen-bond donors (Lipinski definition) is 0. The molecule has 366 valence electrons. The standard InChI is InChI=1S/C67H72B2N4/c1-62(2,3)38-19-25-44(26-20-38)71-53-29-23-40(64(7,8)9)33-49(53)68-51-35-42(66(13,14)15)31-46-47-32-43(67(16,17)18)36-52-58(47)73(57(46)51)61-55(68)59(71)48(37-70)60-56(61)69(52)50-34-41(65(10,11)12)24-30-54(50)72(60)45-27-21-39(22-28-45)63(4,5)6/h19-36H,1-18H3. The molecule has 0 amide bonds. The third-order valence-electron chi connectivity index (χ3n) is 17.1. The largest absolute Gasteiger partial charge is 0.311 e. The molecule has 0 spiro atoms. The summed E-state index contributed by atoms with van der Waals surface area (Å²) in [6.07, 6.45) is 0. The van der Waals surface area contributed by atoms with E-state index in [1.165, 1.54) is 93.7 Å². The van der Waals surface area contributed by atoms with E-state index < -0.39 is 0 Å². The molecule has 0 saturated carbocycles. The van der Waals surface area contributed by atoms with Gasteiger partial charge in [0.25, 0.3) is 13.4 Å². The molecule has 4 aliphatic heterocycles. The molecule has 1 aromatic heterocycles. The van der Waals surface area contributed by atoms with Crippen molar-refractivity contribution in [3.63, 3.8) is 0 Å². The Hall–Kier alpha value is -6.44. The molecule has 4 aliphatic rings. The number of nitrogens with zero attached hydrogens (tertiary/aromatic N) is 4. The Bertz CT molecular complexity index is 3510. The van der Waals surface area contributed by atoms with Crippen molar-refractivity contribution >= 4 is 102 Å². The van der Waals surface area contributed by atoms with Crippen LogP contribution in [-0.2, 0) is 32.5 Å². The molecule has 6 heteroatoms. The molecule has 0 atom stereocenters. The van der Waals surface area contributed by atoms with Crippen LogP contribution in [0.2, 0.25) is 0 Å². The molecule has 8 aromatic rings. The van der Waals surface area contributed by atoms with Gasteiger partial charge in [-0.05, 0) is 147 Å². The van der Waals surface area contributed by atoms with Gasteiger partial charge in [0.1, 0.15) is 6.07 Å². The molecule has 0 bridgehead atoms. The molecular formula is C67H72B2N4. The van der Waals surface area contributed by atoms with E-state index in [9.17, 15) is 5.26 Å². The third-order valence-corrected chi connectivity index (χ3v) is 17.1. The van der Waals surface area contributed by atoms with Gasteiger partial charge >= 0.3 is 0 Å². The average molecular weight is 955 g/mol. The summed E-state index contributed by atoms with van der Waals surface area (Å²) in [6.45, 7) is 41.7. The molecule has 5 heterocycles. The van der Waals surface area contributed by atoms with Crippen molar-refractivity contribution in [2.45, 2.75) is 157 Å². The number of aromatic nitrogens is 1. The number of fused-ring (bicyclic) bond motifs is 7. The maximum atomic E-state index is 12.5. The zero-order chi connectivity index (χ0) is 52.2. The monoisotopic (exact) mass is 955 g/mol. The first-order chi connectivity index (χ1) is 34.0. The van der Waals surface area contributed by atoms with Gasteiger partial charge in [0, 0.05) is 50.2 Å². The Labute approximate surface area is 436 Å². The van der Waals surface area contributed by atoms with Crippen LogP contribution in [-0.4, -0.2) is 18.0 Å². The first-order valence-corrected chi connectivity index (χ1v) is 26.9. The smallest absolute Gasteiger partial charge is 0.252 e. The molecule has 4 nitrogen and oxygen atoms in total. The predicted molar refractivity (Wildman–Crippen MR) is 316 cm³/mol. The quantitative estimate of drug-likeness (QED) is 0.162. The fraction of sp³-hybridized carbons (Fsp3) is 0.358. The van der Waals surface area contributed by atoms with E-state index in [1.54, 1.807) is 0 Å². The lowest BCUT2D eigenvalue weighted by atomic mass is 9.29. The maximum Gasteiger partial charge on any atom is 0.252 e. The van der Waals surface area contributed by atoms with Crippen LogP contribution in [0.15, 0.2) is 109 Å². The van der Waals surface area contributed by atoms with Gasteiger partial charge < -0.3 is 14.4 Å². The van der Waals surface area contributed by atoms with Gasteiger partial charge in [0.2, 0.25) is 0 Å². The molecule has 0 radical (unpaired) electrons. The van der Waals surface area contributed by atoms with Gasteiger partial charge in [-0.25, -0.2) is 0 Å². The van der Waals surface area contributed by atoms with Crippen molar-refractivity contribution in [2.75, 3.05) is 9.80 Å². The van der Waals surface area contributed by atoms with Gasteiger partial charge in [-0.15, -0.1) is 0 Å². The molecule has 12 rings (SSSR count). The van der Waals surface area contributed by atoms with Crippen molar-refractivity contribution in [2.24, 2.45) is 0 Å². The molecule has 0 unspecified atom stereocenters. The van der Waals surface area contributed by atoms with Crippen molar-refractivity contribution in [1.82, 2.24) is 4.57 Å². The summed E-state index contributed by atoms with van der Waals surface area (Å²) in [5.41, 5.74) is 26.0. The second kappa shape index (κ2) is 14.9. The van der Waals surface area contributed by atoms with Crippen LogP contribution in [0.5, 0.6) is 0 Å². The number of anilines is 6. The summed E-state index contributed by atoms with van der Waals surface area (Å²) in [5.74, 6) is 0. The Balaban J connectivity index is 1.35. The molecule has 73 heavy (non-hydrogen) atoms. The average Bonchev–Trinajstić information content (AvgIpc) is 3.64. The highest BCUT2D eigenvalue weighted by Crippen LogP contribution is 2.51. The van der Waals surface area contributed by atoms with Crippen LogP contribution in [0.3, 0.4) is 0 Å². The summed E-state index contributed by atoms with van der Waals surface area (Å²) in [5, 5.41) is 15.1. The normalized spacial score (nSPS) is 14.9. The van der Waals surface area contributed by atoms with E-state index in [0.29, 0.717) is 5.56 Å². The predicted octanol–water partition coefficient (Wildman–Crippen LogP) is 13.7. The zero-order valence-electron chi connectivity index (χ0n) is 46.8. The molecule has 7 aromatic carbocycles. The van der Waals surface area contributed by atoms with Gasteiger partial charge in [-0.3, -0.25) is 0 Å². The van der Waals surface area contributed by atoms with Crippen molar-refractivity contribution in [3.8, 4) is 11.8 Å². The van der Waals surface area contributed by atoms with Gasteiger partial charge in [-0.1, -0.05) is 185 Å². The number of nitriles is 1. The van der Waals surface area contributed by atoms with Crippen LogP contribution >= 0.6 is 0 Å². The summed E-state index contributed by atoms with van der Waals surface area (Å²) in [6, 6.07) is 46.2. The molecule has 0 aliphatic carbocycles. The van der Waals surface area contributed by atoms with E-state index in [1.807, 2.05) is 0 Å². The van der Waals surface area contributed by atoms with E-state index in [4.69, 9.17) is 0 Å².